The fourth-order valence-electron chi connectivity index (χ4n) is 2.43. The maximum atomic E-state index is 12.6. The van der Waals surface area contributed by atoms with Crippen molar-refractivity contribution in [2.24, 2.45) is 5.92 Å². The third kappa shape index (κ3) is 3.26. The number of Topliss-reactive ketones (excluding diaryl/α,β-unsaturated/α-hetero) is 1. The van der Waals surface area contributed by atoms with Gasteiger partial charge in [-0.05, 0) is 38.0 Å². The van der Waals surface area contributed by atoms with E-state index in [4.69, 9.17) is 11.6 Å². The zero-order valence-corrected chi connectivity index (χ0v) is 11.8. The zero-order valence-electron chi connectivity index (χ0n) is 11.0. The Kier molecular flexibility index (Phi) is 4.28. The predicted octanol–water partition coefficient (Wildman–Crippen LogP) is 4.32. The molecule has 0 unspecified atom stereocenters. The van der Waals surface area contributed by atoms with E-state index < -0.39 is 12.1 Å². The van der Waals surface area contributed by atoms with E-state index in [2.05, 4.69) is 0 Å². The van der Waals surface area contributed by atoms with Crippen molar-refractivity contribution in [1.82, 2.24) is 0 Å². The Morgan fingerprint density at radius 3 is 2.35 bits per heavy atom. The first-order chi connectivity index (χ1) is 9.29. The minimum atomic E-state index is -4.12. The van der Waals surface area contributed by atoms with E-state index >= 15 is 0 Å². The van der Waals surface area contributed by atoms with Crippen molar-refractivity contribution in [3.63, 3.8) is 0 Å². The van der Waals surface area contributed by atoms with Gasteiger partial charge in [0.1, 0.15) is 0 Å². The normalized spacial score (nSPS) is 17.4. The number of halogens is 4. The van der Waals surface area contributed by atoms with Crippen LogP contribution in [0.5, 0.6) is 0 Å². The van der Waals surface area contributed by atoms with Crippen molar-refractivity contribution < 1.29 is 18.0 Å². The van der Waals surface area contributed by atoms with E-state index in [-0.39, 0.29) is 18.6 Å². The number of piperidine rings is 1. The Balaban J connectivity index is 2.09. The smallest absolute Gasteiger partial charge is 0.370 e. The highest BCUT2D eigenvalue weighted by Crippen LogP contribution is 2.37. The highest BCUT2D eigenvalue weighted by molar-refractivity contribution is 6.33. The second-order valence-corrected chi connectivity index (χ2v) is 5.43. The summed E-state index contributed by atoms with van der Waals surface area (Å²) in [7, 11) is 0. The van der Waals surface area contributed by atoms with Gasteiger partial charge in [-0.3, -0.25) is 4.79 Å². The Morgan fingerprint density at radius 2 is 1.90 bits per heavy atom. The van der Waals surface area contributed by atoms with E-state index in [9.17, 15) is 18.0 Å². The molecule has 0 aromatic heterocycles. The van der Waals surface area contributed by atoms with Crippen LogP contribution >= 0.6 is 11.6 Å². The van der Waals surface area contributed by atoms with Crippen molar-refractivity contribution in [2.75, 3.05) is 18.0 Å². The minimum absolute atomic E-state index is 0.0777. The maximum Gasteiger partial charge on any atom is 0.391 e. The summed E-state index contributed by atoms with van der Waals surface area (Å²) in [5, 5.41) is 0.406. The average molecular weight is 306 g/mol. The van der Waals surface area contributed by atoms with E-state index in [0.29, 0.717) is 29.4 Å². The van der Waals surface area contributed by atoms with Gasteiger partial charge in [-0.15, -0.1) is 0 Å². The molecule has 6 heteroatoms. The van der Waals surface area contributed by atoms with Crippen LogP contribution in [0.3, 0.4) is 0 Å². The highest BCUT2D eigenvalue weighted by Gasteiger charge is 2.41. The number of benzene rings is 1. The molecular weight excluding hydrogens is 291 g/mol. The van der Waals surface area contributed by atoms with Crippen LogP contribution in [0, 0.1) is 5.92 Å². The van der Waals surface area contributed by atoms with E-state index in [1.807, 2.05) is 4.90 Å². The molecule has 0 radical (unpaired) electrons. The van der Waals surface area contributed by atoms with Gasteiger partial charge in [0.05, 0.1) is 16.6 Å². The van der Waals surface area contributed by atoms with Crippen LogP contribution in [0.1, 0.15) is 30.1 Å². The molecule has 1 heterocycles. The van der Waals surface area contributed by atoms with Crippen molar-refractivity contribution in [3.8, 4) is 0 Å². The quantitative estimate of drug-likeness (QED) is 0.758. The first-order valence-electron chi connectivity index (χ1n) is 6.41. The van der Waals surface area contributed by atoms with Gasteiger partial charge in [-0.25, -0.2) is 0 Å². The molecule has 0 atom stereocenters. The SMILES string of the molecule is CC(=O)c1ccc(N2CCC(C(F)(F)F)CC2)c(Cl)c1. The van der Waals surface area contributed by atoms with Gasteiger partial charge in [-0.1, -0.05) is 11.6 Å². The Hall–Kier alpha value is -1.23. The van der Waals surface area contributed by atoms with E-state index in [1.165, 1.54) is 6.92 Å². The van der Waals surface area contributed by atoms with Crippen LogP contribution in [0.2, 0.25) is 5.02 Å². The Morgan fingerprint density at radius 1 is 1.30 bits per heavy atom. The lowest BCUT2D eigenvalue weighted by molar-refractivity contribution is -0.179. The van der Waals surface area contributed by atoms with Crippen LogP contribution in [-0.4, -0.2) is 25.0 Å². The molecule has 0 saturated carbocycles. The molecule has 2 rings (SSSR count). The summed E-state index contributed by atoms with van der Waals surface area (Å²) in [6, 6.07) is 4.92. The topological polar surface area (TPSA) is 20.3 Å². The molecular formula is C14H15ClF3NO. The number of carbonyl (C=O) groups excluding carboxylic acids is 1. The van der Waals surface area contributed by atoms with Crippen molar-refractivity contribution >= 4 is 23.1 Å². The number of hydrogen-bond donors (Lipinski definition) is 0. The van der Waals surface area contributed by atoms with Gasteiger partial charge >= 0.3 is 6.18 Å². The molecule has 0 aliphatic carbocycles. The molecule has 1 fully saturated rings. The van der Waals surface area contributed by atoms with Crippen LogP contribution in [0.25, 0.3) is 0 Å². The van der Waals surface area contributed by atoms with Crippen molar-refractivity contribution in [1.29, 1.82) is 0 Å². The lowest BCUT2D eigenvalue weighted by Gasteiger charge is -2.34. The molecule has 20 heavy (non-hydrogen) atoms. The lowest BCUT2D eigenvalue weighted by Crippen LogP contribution is -2.39. The number of carbonyl (C=O) groups is 1. The second-order valence-electron chi connectivity index (χ2n) is 5.03. The summed E-state index contributed by atoms with van der Waals surface area (Å²) in [4.78, 5) is 13.1. The molecule has 0 N–H and O–H groups in total. The fraction of sp³-hybridized carbons (Fsp3) is 0.500. The number of alkyl halides is 3. The summed E-state index contributed by atoms with van der Waals surface area (Å²) in [6.45, 7) is 2.09. The lowest BCUT2D eigenvalue weighted by atomic mass is 9.96. The van der Waals surface area contributed by atoms with E-state index in [1.54, 1.807) is 18.2 Å². The van der Waals surface area contributed by atoms with Gasteiger partial charge in [-0.2, -0.15) is 13.2 Å². The predicted molar refractivity (Wildman–Crippen MR) is 72.4 cm³/mol. The first-order valence-corrected chi connectivity index (χ1v) is 6.79. The molecule has 1 aromatic rings. The van der Waals surface area contributed by atoms with Crippen LogP contribution in [0.4, 0.5) is 18.9 Å². The molecule has 1 saturated heterocycles. The Labute approximate surface area is 120 Å². The van der Waals surface area contributed by atoms with Crippen LogP contribution < -0.4 is 4.90 Å². The van der Waals surface area contributed by atoms with Crippen molar-refractivity contribution in [2.45, 2.75) is 25.9 Å². The molecule has 0 amide bonds. The molecule has 110 valence electrons. The maximum absolute atomic E-state index is 12.6. The number of ketones is 1. The first kappa shape index (κ1) is 15.2. The van der Waals surface area contributed by atoms with Crippen LogP contribution in [0.15, 0.2) is 18.2 Å². The van der Waals surface area contributed by atoms with Crippen LogP contribution in [-0.2, 0) is 0 Å². The molecule has 2 nitrogen and oxygen atoms in total. The third-order valence-electron chi connectivity index (χ3n) is 3.65. The van der Waals surface area contributed by atoms with Gasteiger partial charge in [0.15, 0.2) is 5.78 Å². The molecule has 1 aromatic carbocycles. The summed E-state index contributed by atoms with van der Waals surface area (Å²) in [6.07, 6.45) is -3.96. The van der Waals surface area contributed by atoms with Gasteiger partial charge in [0, 0.05) is 18.7 Å². The van der Waals surface area contributed by atoms with Crippen molar-refractivity contribution in [3.05, 3.63) is 28.8 Å². The number of hydrogen-bond acceptors (Lipinski definition) is 2. The highest BCUT2D eigenvalue weighted by atomic mass is 35.5. The average Bonchev–Trinajstić information content (AvgIpc) is 2.37. The molecule has 1 aliphatic rings. The van der Waals surface area contributed by atoms with Gasteiger partial charge < -0.3 is 4.90 Å². The minimum Gasteiger partial charge on any atom is -0.370 e. The van der Waals surface area contributed by atoms with Gasteiger partial charge in [0.2, 0.25) is 0 Å². The van der Waals surface area contributed by atoms with E-state index in [0.717, 1.165) is 0 Å². The van der Waals surface area contributed by atoms with Gasteiger partial charge in [0.25, 0.3) is 0 Å². The number of rotatable bonds is 2. The largest absolute Gasteiger partial charge is 0.391 e. The third-order valence-corrected chi connectivity index (χ3v) is 3.96. The number of anilines is 1. The summed E-state index contributed by atoms with van der Waals surface area (Å²) in [5.41, 5.74) is 1.20. The number of nitrogens with zero attached hydrogens (tertiary/aromatic N) is 1. The molecule has 0 spiro atoms. The summed E-state index contributed by atoms with van der Waals surface area (Å²) in [5.74, 6) is -1.32. The molecule has 1 aliphatic heterocycles. The second kappa shape index (κ2) is 5.64. The molecule has 0 bridgehead atoms. The summed E-state index contributed by atoms with van der Waals surface area (Å²) >= 11 is 6.12. The monoisotopic (exact) mass is 305 g/mol. The zero-order chi connectivity index (χ0) is 14.9. The summed E-state index contributed by atoms with van der Waals surface area (Å²) < 4.78 is 37.8. The standard InChI is InChI=1S/C14H15ClF3NO/c1-9(20)10-2-3-13(12(15)8-10)19-6-4-11(5-7-19)14(16,17)18/h2-3,8,11H,4-7H2,1H3. The Bertz CT molecular complexity index is 508. The fourth-order valence-corrected chi connectivity index (χ4v) is 2.73.